The minimum Gasteiger partial charge on any atom is -0.353 e. The van der Waals surface area contributed by atoms with Crippen molar-refractivity contribution in [3.63, 3.8) is 0 Å². The Morgan fingerprint density at radius 1 is 1.27 bits per heavy atom. The maximum absolute atomic E-state index is 12.1. The highest BCUT2D eigenvalue weighted by molar-refractivity contribution is 5.81. The molecule has 2 bridgehead atoms. The molecule has 0 aromatic heterocycles. The van der Waals surface area contributed by atoms with E-state index < -0.39 is 0 Å². The first-order valence-electron chi connectivity index (χ1n) is 6.22. The molecule has 0 aliphatic heterocycles. The molecule has 3 rings (SSSR count). The van der Waals surface area contributed by atoms with E-state index in [1.54, 1.807) is 0 Å². The first kappa shape index (κ1) is 9.64. The average molecular weight is 208 g/mol. The summed E-state index contributed by atoms with van der Waals surface area (Å²) >= 11 is 0. The lowest BCUT2D eigenvalue weighted by Gasteiger charge is -2.27. The summed E-state index contributed by atoms with van der Waals surface area (Å²) in [4.78, 5) is 12.1. The molecule has 3 saturated carbocycles. The number of hydrogen-bond acceptors (Lipinski definition) is 2. The highest BCUT2D eigenvalue weighted by Gasteiger charge is 2.50. The molecular formula is C12H20N2O. The second-order valence-electron chi connectivity index (χ2n) is 5.76. The second-order valence-corrected chi connectivity index (χ2v) is 5.76. The molecule has 0 spiro atoms. The number of nitrogens with one attached hydrogen (secondary N) is 1. The molecular weight excluding hydrogens is 188 g/mol. The summed E-state index contributed by atoms with van der Waals surface area (Å²) in [6, 6.07) is 0.585. The summed E-state index contributed by atoms with van der Waals surface area (Å²) in [5, 5.41) is 3.14. The summed E-state index contributed by atoms with van der Waals surface area (Å²) in [6.07, 6.45) is 4.81. The second kappa shape index (κ2) is 3.21. The van der Waals surface area contributed by atoms with E-state index in [1.807, 2.05) is 0 Å². The Kier molecular flexibility index (Phi) is 2.06. The zero-order chi connectivity index (χ0) is 10.6. The van der Waals surface area contributed by atoms with Crippen LogP contribution in [0.15, 0.2) is 0 Å². The van der Waals surface area contributed by atoms with Crippen LogP contribution in [0.5, 0.6) is 0 Å². The van der Waals surface area contributed by atoms with E-state index in [0.29, 0.717) is 23.8 Å². The smallest absolute Gasteiger partial charge is 0.225 e. The summed E-state index contributed by atoms with van der Waals surface area (Å²) in [7, 11) is 0. The highest BCUT2D eigenvalue weighted by atomic mass is 16.2. The predicted octanol–water partition coefficient (Wildman–Crippen LogP) is 0.884. The largest absolute Gasteiger partial charge is 0.353 e. The third-order valence-electron chi connectivity index (χ3n) is 4.72. The van der Waals surface area contributed by atoms with E-state index in [2.05, 4.69) is 12.2 Å². The summed E-state index contributed by atoms with van der Waals surface area (Å²) < 4.78 is 0. The van der Waals surface area contributed by atoms with Gasteiger partial charge in [-0.05, 0) is 43.4 Å². The minimum atomic E-state index is 0.122. The van der Waals surface area contributed by atoms with Crippen LogP contribution in [0.1, 0.15) is 32.6 Å². The van der Waals surface area contributed by atoms with Crippen LogP contribution in [0.25, 0.3) is 0 Å². The molecule has 0 aromatic carbocycles. The fraction of sp³-hybridized carbons (Fsp3) is 0.917. The molecule has 0 radical (unpaired) electrons. The molecule has 3 aliphatic rings. The number of fused-ring (bicyclic) bond motifs is 2. The van der Waals surface area contributed by atoms with E-state index in [1.165, 1.54) is 19.3 Å². The Labute approximate surface area is 90.8 Å². The van der Waals surface area contributed by atoms with Crippen LogP contribution in [0.4, 0.5) is 0 Å². The zero-order valence-corrected chi connectivity index (χ0v) is 9.28. The summed E-state index contributed by atoms with van der Waals surface area (Å²) in [5.74, 6) is 2.26. The summed E-state index contributed by atoms with van der Waals surface area (Å²) in [5.41, 5.74) is 6.14. The van der Waals surface area contributed by atoms with Gasteiger partial charge in [0.15, 0.2) is 0 Å². The van der Waals surface area contributed by atoms with Crippen molar-refractivity contribution < 1.29 is 4.79 Å². The first-order valence-corrected chi connectivity index (χ1v) is 6.22. The van der Waals surface area contributed by atoms with Crippen LogP contribution >= 0.6 is 0 Å². The molecule has 3 N–H and O–H groups in total. The lowest BCUT2D eigenvalue weighted by atomic mass is 9.84. The van der Waals surface area contributed by atoms with Crippen LogP contribution in [-0.2, 0) is 4.79 Å². The maximum Gasteiger partial charge on any atom is 0.225 e. The third-order valence-corrected chi connectivity index (χ3v) is 4.72. The van der Waals surface area contributed by atoms with E-state index in [9.17, 15) is 4.79 Å². The molecule has 3 heteroatoms. The van der Waals surface area contributed by atoms with Crippen molar-refractivity contribution in [1.29, 1.82) is 0 Å². The highest BCUT2D eigenvalue weighted by Crippen LogP contribution is 2.48. The van der Waals surface area contributed by atoms with Gasteiger partial charge in [-0.3, -0.25) is 4.79 Å². The predicted molar refractivity (Wildman–Crippen MR) is 58.0 cm³/mol. The van der Waals surface area contributed by atoms with Gasteiger partial charge in [-0.2, -0.15) is 0 Å². The molecule has 0 saturated heterocycles. The molecule has 6 unspecified atom stereocenters. The number of rotatable bonds is 2. The molecule has 3 aliphatic carbocycles. The molecule has 84 valence electrons. The quantitative estimate of drug-likeness (QED) is 0.708. The fourth-order valence-electron chi connectivity index (χ4n) is 3.53. The fourth-order valence-corrected chi connectivity index (χ4v) is 3.53. The Bertz CT molecular complexity index is 289. The molecule has 0 aromatic rings. The summed E-state index contributed by atoms with van der Waals surface area (Å²) in [6.45, 7) is 2.19. The molecule has 6 atom stereocenters. The van der Waals surface area contributed by atoms with Crippen LogP contribution < -0.4 is 11.1 Å². The van der Waals surface area contributed by atoms with Gasteiger partial charge in [0.25, 0.3) is 0 Å². The van der Waals surface area contributed by atoms with Crippen molar-refractivity contribution in [2.45, 2.75) is 44.7 Å². The lowest BCUT2D eigenvalue weighted by Crippen LogP contribution is -2.46. The van der Waals surface area contributed by atoms with Gasteiger partial charge < -0.3 is 11.1 Å². The minimum absolute atomic E-state index is 0.122. The van der Waals surface area contributed by atoms with Crippen LogP contribution in [0.2, 0.25) is 0 Å². The van der Waals surface area contributed by atoms with Crippen molar-refractivity contribution in [3.05, 3.63) is 0 Å². The Morgan fingerprint density at radius 3 is 2.47 bits per heavy atom. The Morgan fingerprint density at radius 2 is 1.93 bits per heavy atom. The first-order chi connectivity index (χ1) is 7.16. The van der Waals surface area contributed by atoms with Gasteiger partial charge in [-0.25, -0.2) is 0 Å². The molecule has 1 amide bonds. The molecule has 15 heavy (non-hydrogen) atoms. The van der Waals surface area contributed by atoms with Gasteiger partial charge in [0.05, 0.1) is 5.92 Å². The number of carbonyl (C=O) groups is 1. The SMILES string of the molecule is CC1CC1NC(=O)C1C2CCC(C2)C1N. The van der Waals surface area contributed by atoms with Gasteiger partial charge in [-0.1, -0.05) is 6.92 Å². The van der Waals surface area contributed by atoms with E-state index in [0.717, 1.165) is 6.42 Å². The Balaban J connectivity index is 1.64. The monoisotopic (exact) mass is 208 g/mol. The van der Waals surface area contributed by atoms with Crippen LogP contribution in [-0.4, -0.2) is 18.0 Å². The van der Waals surface area contributed by atoms with Gasteiger partial charge in [0.2, 0.25) is 5.91 Å². The number of nitrogens with two attached hydrogens (primary N) is 1. The van der Waals surface area contributed by atoms with Crippen molar-refractivity contribution in [2.75, 3.05) is 0 Å². The maximum atomic E-state index is 12.1. The van der Waals surface area contributed by atoms with Crippen molar-refractivity contribution in [3.8, 4) is 0 Å². The third kappa shape index (κ3) is 1.48. The Hall–Kier alpha value is -0.570. The van der Waals surface area contributed by atoms with Gasteiger partial charge in [0.1, 0.15) is 0 Å². The standard InChI is InChI=1S/C12H20N2O/c1-6-4-9(6)14-12(15)10-7-2-3-8(5-7)11(10)13/h6-11H,2-5,13H2,1H3,(H,14,15). The molecule has 3 nitrogen and oxygen atoms in total. The number of carbonyl (C=O) groups excluding carboxylic acids is 1. The number of hydrogen-bond donors (Lipinski definition) is 2. The molecule has 3 fully saturated rings. The lowest BCUT2D eigenvalue weighted by molar-refractivity contribution is -0.127. The average Bonchev–Trinajstić information content (AvgIpc) is 2.67. The van der Waals surface area contributed by atoms with E-state index in [4.69, 9.17) is 5.73 Å². The van der Waals surface area contributed by atoms with Crippen molar-refractivity contribution in [1.82, 2.24) is 5.32 Å². The van der Waals surface area contributed by atoms with Gasteiger partial charge in [-0.15, -0.1) is 0 Å². The van der Waals surface area contributed by atoms with Crippen LogP contribution in [0.3, 0.4) is 0 Å². The van der Waals surface area contributed by atoms with Gasteiger partial charge in [0, 0.05) is 12.1 Å². The normalized spacial score (nSPS) is 51.9. The molecule has 0 heterocycles. The van der Waals surface area contributed by atoms with E-state index >= 15 is 0 Å². The van der Waals surface area contributed by atoms with Gasteiger partial charge >= 0.3 is 0 Å². The van der Waals surface area contributed by atoms with E-state index in [-0.39, 0.29) is 17.9 Å². The van der Waals surface area contributed by atoms with Crippen molar-refractivity contribution >= 4 is 5.91 Å². The number of amides is 1. The van der Waals surface area contributed by atoms with Crippen LogP contribution in [0, 0.1) is 23.7 Å². The topological polar surface area (TPSA) is 55.1 Å². The zero-order valence-electron chi connectivity index (χ0n) is 9.28. The van der Waals surface area contributed by atoms with Crippen molar-refractivity contribution in [2.24, 2.45) is 29.4 Å².